The summed E-state index contributed by atoms with van der Waals surface area (Å²) >= 11 is 0. The first kappa shape index (κ1) is 20.8. The molecule has 0 radical (unpaired) electrons. The van der Waals surface area contributed by atoms with Crippen molar-refractivity contribution < 1.29 is 4.79 Å². The largest absolute Gasteiger partial charge is 0.322 e. The third-order valence-electron chi connectivity index (χ3n) is 4.94. The first-order chi connectivity index (χ1) is 13.8. The summed E-state index contributed by atoms with van der Waals surface area (Å²) in [5.41, 5.74) is 5.72. The molecule has 0 bridgehead atoms. The average molecular weight is 391 g/mol. The molecule has 0 saturated heterocycles. The van der Waals surface area contributed by atoms with Crippen molar-refractivity contribution in [1.82, 2.24) is 14.7 Å². The fourth-order valence-corrected chi connectivity index (χ4v) is 3.29. The van der Waals surface area contributed by atoms with Gasteiger partial charge in [-0.15, -0.1) is 0 Å². The molecule has 1 N–H and O–H groups in total. The Morgan fingerprint density at radius 3 is 2.31 bits per heavy atom. The summed E-state index contributed by atoms with van der Waals surface area (Å²) in [6.07, 6.45) is 2.65. The predicted molar refractivity (Wildman–Crippen MR) is 119 cm³/mol. The molecule has 5 heteroatoms. The number of likely N-dealkylation sites (N-methyl/N-ethyl adjacent to an activating group) is 1. The molecule has 1 aromatic heterocycles. The lowest BCUT2D eigenvalue weighted by Crippen LogP contribution is -2.16. The highest BCUT2D eigenvalue weighted by Gasteiger charge is 2.21. The summed E-state index contributed by atoms with van der Waals surface area (Å²) in [5, 5.41) is 7.52. The Hall–Kier alpha value is -2.92. The van der Waals surface area contributed by atoms with E-state index in [1.54, 1.807) is 6.20 Å². The molecule has 0 spiro atoms. The highest BCUT2D eigenvalue weighted by Crippen LogP contribution is 2.24. The lowest BCUT2D eigenvalue weighted by atomic mass is 10.0. The van der Waals surface area contributed by atoms with E-state index in [4.69, 9.17) is 0 Å². The highest BCUT2D eigenvalue weighted by atomic mass is 16.1. The second kappa shape index (κ2) is 9.05. The van der Waals surface area contributed by atoms with E-state index in [2.05, 4.69) is 74.4 Å². The second-order valence-electron chi connectivity index (χ2n) is 8.05. The molecule has 0 aliphatic carbocycles. The molecule has 5 nitrogen and oxygen atoms in total. The van der Waals surface area contributed by atoms with Crippen LogP contribution in [0.3, 0.4) is 0 Å². The summed E-state index contributed by atoms with van der Waals surface area (Å²) in [5.74, 6) is 0.0288. The number of nitrogens with one attached hydrogen (secondary N) is 1. The minimum absolute atomic E-state index is 0.131. The number of aryl methyl sites for hydroxylation is 1. The highest BCUT2D eigenvalue weighted by molar-refractivity contribution is 6.05. The van der Waals surface area contributed by atoms with Crippen molar-refractivity contribution in [2.24, 2.45) is 0 Å². The van der Waals surface area contributed by atoms with Crippen LogP contribution in [0.1, 0.15) is 46.9 Å². The zero-order chi connectivity index (χ0) is 21.0. The van der Waals surface area contributed by atoms with Crippen LogP contribution in [0.2, 0.25) is 0 Å². The number of benzene rings is 2. The number of hydrogen-bond donors (Lipinski definition) is 1. The van der Waals surface area contributed by atoms with Gasteiger partial charge in [0.25, 0.3) is 5.91 Å². The molecule has 0 aliphatic rings. The number of carbonyl (C=O) groups is 1. The Bertz CT molecular complexity index is 954. The lowest BCUT2D eigenvalue weighted by Gasteiger charge is -2.13. The summed E-state index contributed by atoms with van der Waals surface area (Å²) in [4.78, 5) is 15.1. The molecular weight excluding hydrogens is 360 g/mol. The molecular formula is C24H30N4O. The van der Waals surface area contributed by atoms with Gasteiger partial charge in [0.1, 0.15) is 0 Å². The van der Waals surface area contributed by atoms with Crippen LogP contribution >= 0.6 is 0 Å². The lowest BCUT2D eigenvalue weighted by molar-refractivity contribution is 0.102. The molecule has 29 heavy (non-hydrogen) atoms. The molecule has 0 atom stereocenters. The average Bonchev–Trinajstić information content (AvgIpc) is 3.13. The molecule has 0 aliphatic heterocycles. The second-order valence-corrected chi connectivity index (χ2v) is 8.05. The number of nitrogens with zero attached hydrogens (tertiary/aromatic N) is 3. The van der Waals surface area contributed by atoms with E-state index in [0.29, 0.717) is 5.56 Å². The number of amides is 1. The van der Waals surface area contributed by atoms with E-state index in [1.165, 1.54) is 11.1 Å². The van der Waals surface area contributed by atoms with Crippen molar-refractivity contribution in [3.8, 4) is 5.69 Å². The maximum atomic E-state index is 13.0. The molecule has 0 saturated carbocycles. The topological polar surface area (TPSA) is 50.2 Å². The van der Waals surface area contributed by atoms with E-state index >= 15 is 0 Å². The Labute approximate surface area is 173 Å². The minimum Gasteiger partial charge on any atom is -0.322 e. The van der Waals surface area contributed by atoms with Crippen LogP contribution in [0.25, 0.3) is 5.69 Å². The van der Waals surface area contributed by atoms with Crippen molar-refractivity contribution in [1.29, 1.82) is 0 Å². The van der Waals surface area contributed by atoms with Crippen LogP contribution < -0.4 is 5.32 Å². The van der Waals surface area contributed by atoms with Crippen molar-refractivity contribution in [2.75, 3.05) is 26.0 Å². The van der Waals surface area contributed by atoms with Gasteiger partial charge in [-0.25, -0.2) is 4.68 Å². The van der Waals surface area contributed by atoms with E-state index in [1.807, 2.05) is 28.9 Å². The zero-order valence-electron chi connectivity index (χ0n) is 17.9. The van der Waals surface area contributed by atoms with Gasteiger partial charge in [-0.2, -0.15) is 5.10 Å². The van der Waals surface area contributed by atoms with Gasteiger partial charge in [-0.1, -0.05) is 43.7 Å². The van der Waals surface area contributed by atoms with Crippen LogP contribution in [0.4, 0.5) is 5.69 Å². The van der Waals surface area contributed by atoms with Gasteiger partial charge in [0.15, 0.2) is 0 Å². The predicted octanol–water partition coefficient (Wildman–Crippen LogP) is 4.66. The van der Waals surface area contributed by atoms with Crippen LogP contribution in [0, 0.1) is 6.92 Å². The van der Waals surface area contributed by atoms with Gasteiger partial charge in [-0.05, 0) is 63.2 Å². The summed E-state index contributed by atoms with van der Waals surface area (Å²) in [6, 6.07) is 16.2. The van der Waals surface area contributed by atoms with Gasteiger partial charge < -0.3 is 10.2 Å². The van der Waals surface area contributed by atoms with Crippen LogP contribution in [-0.2, 0) is 6.42 Å². The quantitative estimate of drug-likeness (QED) is 0.638. The van der Waals surface area contributed by atoms with E-state index in [0.717, 1.165) is 30.0 Å². The van der Waals surface area contributed by atoms with E-state index in [-0.39, 0.29) is 11.8 Å². The fourth-order valence-electron chi connectivity index (χ4n) is 3.29. The van der Waals surface area contributed by atoms with Crippen LogP contribution in [-0.4, -0.2) is 41.2 Å². The van der Waals surface area contributed by atoms with Gasteiger partial charge in [0.2, 0.25) is 0 Å². The number of aromatic nitrogens is 2. The van der Waals surface area contributed by atoms with Crippen LogP contribution in [0.15, 0.2) is 54.7 Å². The van der Waals surface area contributed by atoms with Crippen LogP contribution in [0.5, 0.6) is 0 Å². The van der Waals surface area contributed by atoms with Crippen molar-refractivity contribution >= 4 is 11.6 Å². The Morgan fingerprint density at radius 2 is 1.72 bits per heavy atom. The Kier molecular flexibility index (Phi) is 6.49. The molecule has 152 valence electrons. The van der Waals surface area contributed by atoms with E-state index < -0.39 is 0 Å². The number of carbonyl (C=O) groups excluding carboxylic acids is 1. The molecule has 0 fully saturated rings. The molecule has 0 unspecified atom stereocenters. The molecule has 3 rings (SSSR count). The SMILES string of the molecule is Cc1ccc(-n2ncc(C(=O)Nc3ccc(CCN(C)C)cc3)c2C(C)C)cc1. The van der Waals surface area contributed by atoms with Gasteiger partial charge in [-0.3, -0.25) is 4.79 Å². The maximum Gasteiger partial charge on any atom is 0.259 e. The summed E-state index contributed by atoms with van der Waals surface area (Å²) in [7, 11) is 4.13. The summed E-state index contributed by atoms with van der Waals surface area (Å²) < 4.78 is 1.86. The maximum absolute atomic E-state index is 13.0. The molecule has 1 amide bonds. The molecule has 1 heterocycles. The fraction of sp³-hybridized carbons (Fsp3) is 0.333. The van der Waals surface area contributed by atoms with Gasteiger partial charge in [0, 0.05) is 12.2 Å². The molecule has 2 aromatic carbocycles. The number of anilines is 1. The third kappa shape index (κ3) is 5.12. The summed E-state index contributed by atoms with van der Waals surface area (Å²) in [6.45, 7) is 7.22. The zero-order valence-corrected chi connectivity index (χ0v) is 17.9. The smallest absolute Gasteiger partial charge is 0.259 e. The van der Waals surface area contributed by atoms with Crippen molar-refractivity contribution in [3.05, 3.63) is 77.1 Å². The third-order valence-corrected chi connectivity index (χ3v) is 4.94. The Balaban J connectivity index is 1.79. The molecule has 3 aromatic rings. The Morgan fingerprint density at radius 1 is 1.07 bits per heavy atom. The van der Waals surface area contributed by atoms with Gasteiger partial charge >= 0.3 is 0 Å². The van der Waals surface area contributed by atoms with E-state index in [9.17, 15) is 4.79 Å². The monoisotopic (exact) mass is 390 g/mol. The number of hydrogen-bond acceptors (Lipinski definition) is 3. The van der Waals surface area contributed by atoms with Crippen molar-refractivity contribution in [2.45, 2.75) is 33.1 Å². The minimum atomic E-state index is -0.131. The van der Waals surface area contributed by atoms with Gasteiger partial charge in [0.05, 0.1) is 23.1 Å². The standard InChI is InChI=1S/C24H30N4O/c1-17(2)23-22(16-25-28(23)21-12-6-18(3)7-13-21)24(29)26-20-10-8-19(9-11-20)14-15-27(4)5/h6-13,16-17H,14-15H2,1-5H3,(H,26,29). The number of rotatable bonds is 7. The van der Waals surface area contributed by atoms with Crippen molar-refractivity contribution in [3.63, 3.8) is 0 Å². The first-order valence-corrected chi connectivity index (χ1v) is 10.0. The first-order valence-electron chi connectivity index (χ1n) is 10.0. The normalized spacial score (nSPS) is 11.3.